The van der Waals surface area contributed by atoms with Gasteiger partial charge in [0.25, 0.3) is 5.91 Å². The minimum atomic E-state index is -0.381. The lowest BCUT2D eigenvalue weighted by atomic mass is 9.92. The molecule has 0 atom stereocenters. The third-order valence-electron chi connectivity index (χ3n) is 5.99. The van der Waals surface area contributed by atoms with Gasteiger partial charge in [-0.25, -0.2) is 13.8 Å². The van der Waals surface area contributed by atoms with Gasteiger partial charge in [-0.3, -0.25) is 9.78 Å². The molecule has 0 unspecified atom stereocenters. The zero-order valence-electron chi connectivity index (χ0n) is 18.1. The molecule has 1 saturated heterocycles. The van der Waals surface area contributed by atoms with Crippen LogP contribution in [0.5, 0.6) is 0 Å². The second-order valence-electron chi connectivity index (χ2n) is 8.39. The highest BCUT2D eigenvalue weighted by Crippen LogP contribution is 2.30. The number of benzene rings is 1. The molecular formula is C25H23F2N5O. The Labute approximate surface area is 189 Å². The first kappa shape index (κ1) is 21.1. The van der Waals surface area contributed by atoms with Gasteiger partial charge in [0.1, 0.15) is 23.1 Å². The van der Waals surface area contributed by atoms with E-state index in [2.05, 4.69) is 15.3 Å². The number of pyridine rings is 2. The molecule has 0 saturated carbocycles. The number of amides is 1. The summed E-state index contributed by atoms with van der Waals surface area (Å²) in [5, 5.41) is 4.02. The number of anilines is 2. The lowest BCUT2D eigenvalue weighted by molar-refractivity contribution is 0.0707. The maximum atomic E-state index is 13.5. The third kappa shape index (κ3) is 4.55. The normalized spacial score (nSPS) is 14.6. The smallest absolute Gasteiger partial charge is 0.270 e. The van der Waals surface area contributed by atoms with Crippen LogP contribution in [0, 0.1) is 18.6 Å². The summed E-state index contributed by atoms with van der Waals surface area (Å²) >= 11 is 0. The lowest BCUT2D eigenvalue weighted by Crippen LogP contribution is -2.38. The number of H-pyrrole nitrogens is 1. The van der Waals surface area contributed by atoms with Crippen molar-refractivity contribution in [2.45, 2.75) is 25.7 Å². The van der Waals surface area contributed by atoms with Crippen molar-refractivity contribution in [3.05, 3.63) is 83.4 Å². The molecule has 1 amide bonds. The predicted octanol–water partition coefficient (Wildman–Crippen LogP) is 5.31. The van der Waals surface area contributed by atoms with Crippen molar-refractivity contribution in [2.75, 3.05) is 18.4 Å². The van der Waals surface area contributed by atoms with Crippen LogP contribution in [0.4, 0.5) is 20.3 Å². The highest BCUT2D eigenvalue weighted by molar-refractivity contribution is 5.98. The van der Waals surface area contributed by atoms with Gasteiger partial charge in [-0.2, -0.15) is 0 Å². The number of aromatic nitrogens is 3. The molecule has 4 heterocycles. The van der Waals surface area contributed by atoms with Crippen LogP contribution in [-0.4, -0.2) is 38.8 Å². The van der Waals surface area contributed by atoms with Crippen molar-refractivity contribution in [3.63, 3.8) is 0 Å². The van der Waals surface area contributed by atoms with Gasteiger partial charge in [0.05, 0.1) is 6.20 Å². The van der Waals surface area contributed by atoms with E-state index in [1.807, 2.05) is 24.0 Å². The Kier molecular flexibility index (Phi) is 5.50. The zero-order valence-corrected chi connectivity index (χ0v) is 18.1. The number of hydrogen-bond acceptors (Lipinski definition) is 4. The van der Waals surface area contributed by atoms with Gasteiger partial charge in [0.2, 0.25) is 0 Å². The molecule has 0 spiro atoms. The molecule has 0 radical (unpaired) electrons. The van der Waals surface area contributed by atoms with Crippen LogP contribution in [-0.2, 0) is 0 Å². The SMILES string of the molecule is Cc1cc(Nc2ccc(F)cn2)cc(C2CCN(C(=O)c3cc4ccc(F)cc4[nH]3)CC2)n1. The van der Waals surface area contributed by atoms with Crippen molar-refractivity contribution in [2.24, 2.45) is 0 Å². The van der Waals surface area contributed by atoms with Gasteiger partial charge >= 0.3 is 0 Å². The van der Waals surface area contributed by atoms with Gasteiger partial charge in [-0.15, -0.1) is 0 Å². The average Bonchev–Trinajstić information content (AvgIpc) is 3.23. The second-order valence-corrected chi connectivity index (χ2v) is 8.39. The van der Waals surface area contributed by atoms with E-state index in [0.29, 0.717) is 30.1 Å². The molecule has 1 aromatic carbocycles. The molecule has 6 nitrogen and oxygen atoms in total. The molecule has 33 heavy (non-hydrogen) atoms. The standard InChI is InChI=1S/C25H23F2N5O/c1-15-10-20(30-24-5-4-19(27)14-28-24)13-22(29-15)16-6-8-32(9-7-16)25(33)23-11-17-2-3-18(26)12-21(17)31-23/h2-5,10-14,16,31H,6-9H2,1H3,(H,28,29,30). The van der Waals surface area contributed by atoms with Crippen molar-refractivity contribution in [1.29, 1.82) is 0 Å². The topological polar surface area (TPSA) is 73.9 Å². The van der Waals surface area contributed by atoms with Crippen LogP contribution >= 0.6 is 0 Å². The summed E-state index contributed by atoms with van der Waals surface area (Å²) in [6.07, 6.45) is 2.77. The van der Waals surface area contributed by atoms with Gasteiger partial charge in [-0.1, -0.05) is 0 Å². The van der Waals surface area contributed by atoms with Crippen molar-refractivity contribution in [3.8, 4) is 0 Å². The summed E-state index contributed by atoms with van der Waals surface area (Å²) in [5.74, 6) is -0.00183. The Morgan fingerprint density at radius 3 is 2.61 bits per heavy atom. The maximum absolute atomic E-state index is 13.5. The molecular weight excluding hydrogens is 424 g/mol. The lowest BCUT2D eigenvalue weighted by Gasteiger charge is -2.31. The summed E-state index contributed by atoms with van der Waals surface area (Å²) < 4.78 is 26.6. The number of aryl methyl sites for hydroxylation is 1. The number of carbonyl (C=O) groups excluding carboxylic acids is 1. The number of piperidine rings is 1. The number of rotatable bonds is 4. The first-order chi connectivity index (χ1) is 15.9. The van der Waals surface area contributed by atoms with Crippen LogP contribution in [0.3, 0.4) is 0 Å². The Bertz CT molecular complexity index is 1310. The zero-order chi connectivity index (χ0) is 22.9. The molecule has 1 aliphatic heterocycles. The van der Waals surface area contributed by atoms with Crippen LogP contribution < -0.4 is 5.32 Å². The van der Waals surface area contributed by atoms with Crippen LogP contribution in [0.15, 0.2) is 54.7 Å². The molecule has 4 aromatic rings. The van der Waals surface area contributed by atoms with Crippen molar-refractivity contribution in [1.82, 2.24) is 19.9 Å². The molecule has 3 aromatic heterocycles. The minimum absolute atomic E-state index is 0.0769. The Hall–Kier alpha value is -3.81. The van der Waals surface area contributed by atoms with Crippen LogP contribution in [0.1, 0.15) is 40.6 Å². The fourth-order valence-electron chi connectivity index (χ4n) is 4.34. The largest absolute Gasteiger partial charge is 0.350 e. The number of nitrogens with one attached hydrogen (secondary N) is 2. The second kappa shape index (κ2) is 8.61. The third-order valence-corrected chi connectivity index (χ3v) is 5.99. The van der Waals surface area contributed by atoms with E-state index in [1.165, 1.54) is 24.4 Å². The molecule has 1 fully saturated rings. The van der Waals surface area contributed by atoms with Crippen LogP contribution in [0.25, 0.3) is 10.9 Å². The first-order valence-electron chi connectivity index (χ1n) is 10.9. The molecule has 168 valence electrons. The van der Waals surface area contributed by atoms with Crippen molar-refractivity contribution >= 4 is 28.3 Å². The quantitative estimate of drug-likeness (QED) is 0.445. The highest BCUT2D eigenvalue weighted by atomic mass is 19.1. The number of aromatic amines is 1. The number of likely N-dealkylation sites (tertiary alicyclic amines) is 1. The summed E-state index contributed by atoms with van der Waals surface area (Å²) in [7, 11) is 0. The Morgan fingerprint density at radius 1 is 1.06 bits per heavy atom. The van der Waals surface area contributed by atoms with E-state index >= 15 is 0 Å². The van der Waals surface area contributed by atoms with E-state index in [-0.39, 0.29) is 23.5 Å². The van der Waals surface area contributed by atoms with Crippen LogP contribution in [0.2, 0.25) is 0 Å². The molecule has 2 N–H and O–H groups in total. The van der Waals surface area contributed by atoms with E-state index in [4.69, 9.17) is 4.98 Å². The first-order valence-corrected chi connectivity index (χ1v) is 10.9. The summed E-state index contributed by atoms with van der Waals surface area (Å²) in [6.45, 7) is 3.17. The van der Waals surface area contributed by atoms with Gasteiger partial charge < -0.3 is 15.2 Å². The maximum Gasteiger partial charge on any atom is 0.270 e. The fourth-order valence-corrected chi connectivity index (χ4v) is 4.34. The summed E-state index contributed by atoms with van der Waals surface area (Å²) in [4.78, 5) is 26.6. The average molecular weight is 447 g/mol. The van der Waals surface area contributed by atoms with Gasteiger partial charge in [0.15, 0.2) is 0 Å². The number of hydrogen-bond donors (Lipinski definition) is 2. The van der Waals surface area contributed by atoms with Gasteiger partial charge in [-0.05, 0) is 68.3 Å². The molecule has 0 aliphatic carbocycles. The predicted molar refractivity (Wildman–Crippen MR) is 123 cm³/mol. The number of halogens is 2. The summed E-state index contributed by atoms with van der Waals surface area (Å²) in [6, 6.07) is 13.1. The van der Waals surface area contributed by atoms with E-state index < -0.39 is 0 Å². The van der Waals surface area contributed by atoms with E-state index in [0.717, 1.165) is 35.3 Å². The number of fused-ring (bicyclic) bond motifs is 1. The monoisotopic (exact) mass is 447 g/mol. The highest BCUT2D eigenvalue weighted by Gasteiger charge is 2.26. The Balaban J connectivity index is 1.27. The Morgan fingerprint density at radius 2 is 1.85 bits per heavy atom. The number of nitrogens with zero attached hydrogens (tertiary/aromatic N) is 3. The molecule has 1 aliphatic rings. The molecule has 8 heteroatoms. The number of carbonyl (C=O) groups is 1. The van der Waals surface area contributed by atoms with Gasteiger partial charge in [0, 0.05) is 47.0 Å². The van der Waals surface area contributed by atoms with Crippen molar-refractivity contribution < 1.29 is 13.6 Å². The van der Waals surface area contributed by atoms with E-state index in [1.54, 1.807) is 18.2 Å². The minimum Gasteiger partial charge on any atom is -0.350 e. The molecule has 0 bridgehead atoms. The molecule has 5 rings (SSSR count). The summed E-state index contributed by atoms with van der Waals surface area (Å²) in [5.41, 5.74) is 3.78. The fraction of sp³-hybridized carbons (Fsp3) is 0.240. The van der Waals surface area contributed by atoms with E-state index in [9.17, 15) is 13.6 Å².